The molecular formula is C21H27N3O3. The molecule has 6 nitrogen and oxygen atoms in total. The third-order valence-corrected chi connectivity index (χ3v) is 6.15. The summed E-state index contributed by atoms with van der Waals surface area (Å²) in [5.41, 5.74) is 10.1. The van der Waals surface area contributed by atoms with Gasteiger partial charge in [-0.3, -0.25) is 4.79 Å². The van der Waals surface area contributed by atoms with Crippen LogP contribution in [0.15, 0.2) is 35.5 Å². The highest BCUT2D eigenvalue weighted by Gasteiger charge is 2.46. The van der Waals surface area contributed by atoms with Crippen molar-refractivity contribution >= 4 is 17.7 Å². The zero-order chi connectivity index (χ0) is 19.2. The molecule has 0 bridgehead atoms. The van der Waals surface area contributed by atoms with Gasteiger partial charge in [-0.15, -0.1) is 0 Å². The number of carboxylic acids is 1. The Morgan fingerprint density at radius 2 is 2.00 bits per heavy atom. The molecule has 0 heterocycles. The second-order valence-corrected chi connectivity index (χ2v) is 7.92. The van der Waals surface area contributed by atoms with Crippen molar-refractivity contribution in [2.45, 2.75) is 51.0 Å². The molecule has 0 amide bonds. The van der Waals surface area contributed by atoms with Gasteiger partial charge >= 0.3 is 5.97 Å². The molecule has 2 N–H and O–H groups in total. The van der Waals surface area contributed by atoms with Gasteiger partial charge < -0.3 is 10.2 Å². The minimum Gasteiger partial charge on any atom is -0.481 e. The van der Waals surface area contributed by atoms with Gasteiger partial charge in [-0.25, -0.2) is 0 Å². The number of fused-ring (bicyclic) bond motifs is 1. The SMILES string of the molecule is [N-]=[N+]=Nc1ccc(/C=C/[C@@H]2[C@H]3CC(CCCCC(=O)O)C[C@H]3C[C@H]2O)cc1. The van der Waals surface area contributed by atoms with Crippen LogP contribution in [0.3, 0.4) is 0 Å². The van der Waals surface area contributed by atoms with Crippen LogP contribution in [0.5, 0.6) is 0 Å². The van der Waals surface area contributed by atoms with Gasteiger partial charge in [-0.2, -0.15) is 0 Å². The van der Waals surface area contributed by atoms with Gasteiger partial charge in [0.15, 0.2) is 0 Å². The van der Waals surface area contributed by atoms with Crippen LogP contribution in [0.2, 0.25) is 0 Å². The molecule has 0 saturated heterocycles. The third kappa shape index (κ3) is 5.12. The standard InChI is InChI=1S/C21H27N3O3/c22-24-23-17-8-5-14(6-9-17)7-10-18-19-12-15(3-1-2-4-21(26)27)11-16(19)13-20(18)25/h5-10,15-16,18-20,25H,1-4,11-13H2,(H,26,27)/b10-7+/t15?,16-,18+,19-,20+/m0/s1. The number of hydrogen-bond donors (Lipinski definition) is 2. The number of unbranched alkanes of at least 4 members (excludes halogenated alkanes) is 1. The van der Waals surface area contributed by atoms with Crippen LogP contribution < -0.4 is 0 Å². The second kappa shape index (κ2) is 9.07. The number of aliphatic hydroxyl groups excluding tert-OH is 1. The molecule has 0 radical (unpaired) electrons. The van der Waals surface area contributed by atoms with E-state index in [9.17, 15) is 9.90 Å². The Morgan fingerprint density at radius 1 is 1.22 bits per heavy atom. The van der Waals surface area contributed by atoms with Crippen molar-refractivity contribution in [3.8, 4) is 0 Å². The number of hydrogen-bond acceptors (Lipinski definition) is 3. The quantitative estimate of drug-likeness (QED) is 0.280. The Kier molecular flexibility index (Phi) is 6.54. The Morgan fingerprint density at radius 3 is 2.70 bits per heavy atom. The van der Waals surface area contributed by atoms with Gasteiger partial charge in [0.2, 0.25) is 0 Å². The lowest BCUT2D eigenvalue weighted by Crippen LogP contribution is -2.17. The van der Waals surface area contributed by atoms with E-state index in [1.54, 1.807) is 12.1 Å². The van der Waals surface area contributed by atoms with Crippen LogP contribution in [0, 0.1) is 23.7 Å². The van der Waals surface area contributed by atoms with E-state index >= 15 is 0 Å². The van der Waals surface area contributed by atoms with E-state index in [0.29, 0.717) is 23.4 Å². The molecule has 1 unspecified atom stereocenters. The molecule has 3 rings (SSSR count). The summed E-state index contributed by atoms with van der Waals surface area (Å²) in [6, 6.07) is 7.41. The van der Waals surface area contributed by atoms with Gasteiger partial charge in [0.05, 0.1) is 6.10 Å². The fourth-order valence-corrected chi connectivity index (χ4v) is 4.91. The molecule has 2 saturated carbocycles. The van der Waals surface area contributed by atoms with Crippen molar-refractivity contribution in [3.05, 3.63) is 46.3 Å². The largest absolute Gasteiger partial charge is 0.481 e. The first-order valence-electron chi connectivity index (χ1n) is 9.80. The number of aliphatic carboxylic acids is 1. The van der Waals surface area contributed by atoms with Gasteiger partial charge in [0, 0.05) is 22.9 Å². The Labute approximate surface area is 159 Å². The van der Waals surface area contributed by atoms with E-state index in [-0.39, 0.29) is 18.4 Å². The van der Waals surface area contributed by atoms with Crippen LogP contribution in [0.1, 0.15) is 50.5 Å². The smallest absolute Gasteiger partial charge is 0.303 e. The van der Waals surface area contributed by atoms with E-state index in [1.807, 2.05) is 12.1 Å². The summed E-state index contributed by atoms with van der Waals surface area (Å²) in [4.78, 5) is 13.4. The summed E-state index contributed by atoms with van der Waals surface area (Å²) in [5.74, 6) is 1.27. The summed E-state index contributed by atoms with van der Waals surface area (Å²) < 4.78 is 0. The second-order valence-electron chi connectivity index (χ2n) is 7.92. The monoisotopic (exact) mass is 369 g/mol. The molecule has 5 atom stereocenters. The predicted octanol–water partition coefficient (Wildman–Crippen LogP) is 5.31. The minimum atomic E-state index is -0.709. The lowest BCUT2D eigenvalue weighted by molar-refractivity contribution is -0.137. The Bertz CT molecular complexity index is 725. The van der Waals surface area contributed by atoms with Gasteiger partial charge in [-0.1, -0.05) is 54.4 Å². The van der Waals surface area contributed by atoms with Crippen molar-refractivity contribution in [1.29, 1.82) is 0 Å². The maximum Gasteiger partial charge on any atom is 0.303 e. The summed E-state index contributed by atoms with van der Waals surface area (Å²) in [6.45, 7) is 0. The van der Waals surface area contributed by atoms with Crippen LogP contribution in [-0.2, 0) is 4.79 Å². The van der Waals surface area contributed by atoms with Gasteiger partial charge in [0.1, 0.15) is 0 Å². The highest BCUT2D eigenvalue weighted by atomic mass is 16.4. The summed E-state index contributed by atoms with van der Waals surface area (Å²) in [6.07, 6.45) is 10.2. The van der Waals surface area contributed by atoms with Crippen LogP contribution in [0.25, 0.3) is 16.5 Å². The van der Waals surface area contributed by atoms with Crippen molar-refractivity contribution < 1.29 is 15.0 Å². The van der Waals surface area contributed by atoms with Gasteiger partial charge in [-0.05, 0) is 54.5 Å². The molecule has 27 heavy (non-hydrogen) atoms. The molecule has 2 aliphatic rings. The summed E-state index contributed by atoms with van der Waals surface area (Å²) in [7, 11) is 0. The van der Waals surface area contributed by atoms with Crippen LogP contribution in [0.4, 0.5) is 5.69 Å². The predicted molar refractivity (Wildman–Crippen MR) is 104 cm³/mol. The topological polar surface area (TPSA) is 106 Å². The van der Waals surface area contributed by atoms with E-state index in [4.69, 9.17) is 10.6 Å². The molecular weight excluding hydrogens is 342 g/mol. The number of azide groups is 1. The lowest BCUT2D eigenvalue weighted by Gasteiger charge is -2.18. The number of aliphatic hydroxyl groups is 1. The normalized spacial score (nSPS) is 29.6. The Hall–Kier alpha value is -2.30. The van der Waals surface area contributed by atoms with E-state index in [2.05, 4.69) is 22.2 Å². The first kappa shape index (κ1) is 19.5. The molecule has 2 fully saturated rings. The fourth-order valence-electron chi connectivity index (χ4n) is 4.91. The highest BCUT2D eigenvalue weighted by Crippen LogP contribution is 2.51. The van der Waals surface area contributed by atoms with E-state index < -0.39 is 5.97 Å². The van der Waals surface area contributed by atoms with E-state index in [1.165, 1.54) is 6.42 Å². The molecule has 1 aromatic carbocycles. The number of carboxylic acid groups (broad SMARTS) is 1. The number of benzene rings is 1. The number of nitrogens with zero attached hydrogens (tertiary/aromatic N) is 3. The van der Waals surface area contributed by atoms with Crippen molar-refractivity contribution in [2.75, 3.05) is 0 Å². The van der Waals surface area contributed by atoms with Crippen molar-refractivity contribution in [1.82, 2.24) is 0 Å². The maximum atomic E-state index is 10.6. The molecule has 0 aliphatic heterocycles. The van der Waals surface area contributed by atoms with Crippen LogP contribution >= 0.6 is 0 Å². The third-order valence-electron chi connectivity index (χ3n) is 6.15. The fraction of sp³-hybridized carbons (Fsp3) is 0.571. The zero-order valence-electron chi connectivity index (χ0n) is 15.4. The first-order valence-corrected chi connectivity index (χ1v) is 9.80. The van der Waals surface area contributed by atoms with Gasteiger partial charge in [0.25, 0.3) is 0 Å². The maximum absolute atomic E-state index is 10.6. The zero-order valence-corrected chi connectivity index (χ0v) is 15.4. The van der Waals surface area contributed by atoms with E-state index in [0.717, 1.165) is 37.7 Å². The van der Waals surface area contributed by atoms with Crippen LogP contribution in [-0.4, -0.2) is 22.3 Å². The average Bonchev–Trinajstić information content (AvgIpc) is 3.15. The molecule has 1 aromatic rings. The first-order chi connectivity index (χ1) is 13.1. The molecule has 0 spiro atoms. The van der Waals surface area contributed by atoms with Crippen molar-refractivity contribution in [3.63, 3.8) is 0 Å². The minimum absolute atomic E-state index is 0.191. The molecule has 2 aliphatic carbocycles. The van der Waals surface area contributed by atoms with Crippen molar-refractivity contribution in [2.24, 2.45) is 28.8 Å². The highest BCUT2D eigenvalue weighted by molar-refractivity contribution is 5.66. The number of carbonyl (C=O) groups is 1. The molecule has 6 heteroatoms. The summed E-state index contributed by atoms with van der Waals surface area (Å²) in [5, 5.41) is 22.8. The molecule has 0 aromatic heterocycles. The molecule has 144 valence electrons. The lowest BCUT2D eigenvalue weighted by atomic mass is 9.89. The Balaban J connectivity index is 1.54. The number of rotatable bonds is 8. The average molecular weight is 369 g/mol. The summed E-state index contributed by atoms with van der Waals surface area (Å²) >= 11 is 0.